The molecule has 1 saturated heterocycles. The molecular weight excluding hydrogens is 400 g/mol. The first kappa shape index (κ1) is 22.9. The molecule has 2 aliphatic heterocycles. The zero-order valence-electron chi connectivity index (χ0n) is 20.6. The second kappa shape index (κ2) is 9.30. The number of hydrogen-bond donors (Lipinski definition) is 0. The number of amides is 1. The Morgan fingerprint density at radius 3 is 2.53 bits per heavy atom. The molecule has 7 heteroatoms. The van der Waals surface area contributed by atoms with Crippen LogP contribution in [0.1, 0.15) is 99.0 Å². The maximum Gasteiger partial charge on any atom is 0.228 e. The zero-order valence-corrected chi connectivity index (χ0v) is 20.6. The summed E-state index contributed by atoms with van der Waals surface area (Å²) in [6.07, 6.45) is 5.67. The first-order valence-electron chi connectivity index (χ1n) is 12.3. The summed E-state index contributed by atoms with van der Waals surface area (Å²) in [5, 5.41) is 4.80. The van der Waals surface area contributed by atoms with Gasteiger partial charge in [-0.25, -0.2) is 9.97 Å². The molecule has 7 nitrogen and oxygen atoms in total. The summed E-state index contributed by atoms with van der Waals surface area (Å²) in [6, 6.07) is 0.530. The van der Waals surface area contributed by atoms with E-state index < -0.39 is 0 Å². The SMILES string of the molecule is CCCN1C(=O)CCc2c(C)nc(C3CCCCN3Cc3c(C)nn(C(C)C)c3C)nc21. The summed E-state index contributed by atoms with van der Waals surface area (Å²) in [4.78, 5) is 27.1. The van der Waals surface area contributed by atoms with Gasteiger partial charge in [-0.1, -0.05) is 13.3 Å². The Morgan fingerprint density at radius 2 is 1.84 bits per heavy atom. The monoisotopic (exact) mass is 438 g/mol. The number of carbonyl (C=O) groups excluding carboxylic acids is 1. The Bertz CT molecular complexity index is 995. The lowest BCUT2D eigenvalue weighted by atomic mass is 9.98. The molecule has 1 fully saturated rings. The van der Waals surface area contributed by atoms with Gasteiger partial charge in [-0.15, -0.1) is 0 Å². The lowest BCUT2D eigenvalue weighted by Gasteiger charge is -2.36. The molecule has 1 amide bonds. The predicted molar refractivity (Wildman–Crippen MR) is 127 cm³/mol. The van der Waals surface area contributed by atoms with Crippen LogP contribution in [0.4, 0.5) is 5.82 Å². The van der Waals surface area contributed by atoms with Gasteiger partial charge in [-0.2, -0.15) is 5.10 Å². The van der Waals surface area contributed by atoms with Crippen LogP contribution in [-0.2, 0) is 17.8 Å². The number of likely N-dealkylation sites (tertiary alicyclic amines) is 1. The van der Waals surface area contributed by atoms with Gasteiger partial charge in [-0.05, 0) is 66.8 Å². The minimum absolute atomic E-state index is 0.175. The van der Waals surface area contributed by atoms with Crippen molar-refractivity contribution >= 4 is 11.7 Å². The predicted octanol–water partition coefficient (Wildman–Crippen LogP) is 4.60. The quantitative estimate of drug-likeness (QED) is 0.660. The number of carbonyl (C=O) groups is 1. The van der Waals surface area contributed by atoms with Crippen LogP contribution in [-0.4, -0.2) is 43.6 Å². The van der Waals surface area contributed by atoms with Gasteiger partial charge in [0, 0.05) is 48.1 Å². The first-order chi connectivity index (χ1) is 15.3. The Hall–Kier alpha value is -2.28. The summed E-state index contributed by atoms with van der Waals surface area (Å²) in [5.41, 5.74) is 5.87. The van der Waals surface area contributed by atoms with Crippen LogP contribution >= 0.6 is 0 Å². The summed E-state index contributed by atoms with van der Waals surface area (Å²) < 4.78 is 2.14. The maximum atomic E-state index is 12.6. The number of anilines is 1. The van der Waals surface area contributed by atoms with Crippen LogP contribution in [0.15, 0.2) is 0 Å². The third kappa shape index (κ3) is 4.19. The van der Waals surface area contributed by atoms with Crippen molar-refractivity contribution in [3.8, 4) is 0 Å². The molecule has 0 aromatic carbocycles. The molecule has 4 rings (SSSR count). The molecule has 0 saturated carbocycles. The van der Waals surface area contributed by atoms with Crippen LogP contribution in [0.2, 0.25) is 0 Å². The molecule has 2 aromatic rings. The van der Waals surface area contributed by atoms with Crippen molar-refractivity contribution in [3.05, 3.63) is 34.0 Å². The minimum atomic E-state index is 0.175. The number of rotatable bonds is 6. The normalized spacial score (nSPS) is 19.7. The fourth-order valence-electron chi connectivity index (χ4n) is 5.31. The summed E-state index contributed by atoms with van der Waals surface area (Å²) in [7, 11) is 0. The molecule has 1 unspecified atom stereocenters. The summed E-state index contributed by atoms with van der Waals surface area (Å²) in [6.45, 7) is 15.5. The van der Waals surface area contributed by atoms with Gasteiger partial charge >= 0.3 is 0 Å². The van der Waals surface area contributed by atoms with Crippen molar-refractivity contribution in [2.75, 3.05) is 18.0 Å². The van der Waals surface area contributed by atoms with Gasteiger partial charge in [0.05, 0.1) is 11.7 Å². The molecule has 174 valence electrons. The van der Waals surface area contributed by atoms with Gasteiger partial charge in [0.2, 0.25) is 5.91 Å². The van der Waals surface area contributed by atoms with Crippen LogP contribution in [0, 0.1) is 20.8 Å². The summed E-state index contributed by atoms with van der Waals surface area (Å²) >= 11 is 0. The van der Waals surface area contributed by atoms with Gasteiger partial charge in [0.1, 0.15) is 11.6 Å². The highest BCUT2D eigenvalue weighted by atomic mass is 16.2. The van der Waals surface area contributed by atoms with Crippen molar-refractivity contribution in [2.24, 2.45) is 0 Å². The second-order valence-electron chi connectivity index (χ2n) is 9.68. The smallest absolute Gasteiger partial charge is 0.228 e. The average Bonchev–Trinajstić information content (AvgIpc) is 3.04. The molecule has 0 spiro atoms. The van der Waals surface area contributed by atoms with E-state index >= 15 is 0 Å². The van der Waals surface area contributed by atoms with E-state index in [2.05, 4.69) is 51.1 Å². The number of piperidine rings is 1. The topological polar surface area (TPSA) is 67.2 Å². The summed E-state index contributed by atoms with van der Waals surface area (Å²) in [5.74, 6) is 1.93. The highest BCUT2D eigenvalue weighted by molar-refractivity contribution is 5.95. The molecule has 32 heavy (non-hydrogen) atoms. The molecule has 0 radical (unpaired) electrons. The number of nitrogens with zero attached hydrogens (tertiary/aromatic N) is 6. The number of fused-ring (bicyclic) bond motifs is 1. The fourth-order valence-corrected chi connectivity index (χ4v) is 5.31. The third-order valence-corrected chi connectivity index (χ3v) is 7.04. The standard InChI is InChI=1S/C25H38N6O/c1-7-13-30-23(32)12-11-20-17(4)26-24(27-25(20)30)22-10-8-9-14-29(22)15-21-18(5)28-31(16(2)3)19(21)6/h16,22H,7-15H2,1-6H3. The van der Waals surface area contributed by atoms with Crippen LogP contribution in [0.25, 0.3) is 0 Å². The highest BCUT2D eigenvalue weighted by Crippen LogP contribution is 2.35. The van der Waals surface area contributed by atoms with Crippen molar-refractivity contribution in [3.63, 3.8) is 0 Å². The van der Waals surface area contributed by atoms with Gasteiger partial charge in [0.25, 0.3) is 0 Å². The Labute approximate surface area is 192 Å². The van der Waals surface area contributed by atoms with Crippen LogP contribution in [0.5, 0.6) is 0 Å². The fraction of sp³-hybridized carbons (Fsp3) is 0.680. The first-order valence-corrected chi connectivity index (χ1v) is 12.3. The molecule has 1 atom stereocenters. The number of aryl methyl sites for hydroxylation is 2. The molecule has 4 heterocycles. The van der Waals surface area contributed by atoms with E-state index in [9.17, 15) is 4.79 Å². The van der Waals surface area contributed by atoms with E-state index in [1.165, 1.54) is 24.1 Å². The molecular formula is C25H38N6O. The highest BCUT2D eigenvalue weighted by Gasteiger charge is 2.32. The number of aromatic nitrogens is 4. The second-order valence-corrected chi connectivity index (χ2v) is 9.68. The molecule has 2 aromatic heterocycles. The number of hydrogen-bond acceptors (Lipinski definition) is 5. The lowest BCUT2D eigenvalue weighted by Crippen LogP contribution is -2.39. The largest absolute Gasteiger partial charge is 0.296 e. The van der Waals surface area contributed by atoms with Crippen molar-refractivity contribution in [2.45, 2.75) is 98.7 Å². The minimum Gasteiger partial charge on any atom is -0.296 e. The Morgan fingerprint density at radius 1 is 1.06 bits per heavy atom. The lowest BCUT2D eigenvalue weighted by molar-refractivity contribution is -0.119. The molecule has 0 N–H and O–H groups in total. The van der Waals surface area contributed by atoms with E-state index in [-0.39, 0.29) is 11.9 Å². The Kier molecular flexibility index (Phi) is 6.65. The Balaban J connectivity index is 1.68. The molecule has 2 aliphatic rings. The van der Waals surface area contributed by atoms with Crippen molar-refractivity contribution < 1.29 is 4.79 Å². The van der Waals surface area contributed by atoms with Gasteiger partial charge in [-0.3, -0.25) is 19.3 Å². The third-order valence-electron chi connectivity index (χ3n) is 7.04. The van der Waals surface area contributed by atoms with E-state index in [0.29, 0.717) is 12.5 Å². The molecule has 0 bridgehead atoms. The van der Waals surface area contributed by atoms with Gasteiger partial charge in [0.15, 0.2) is 0 Å². The van der Waals surface area contributed by atoms with Crippen LogP contribution in [0.3, 0.4) is 0 Å². The maximum absolute atomic E-state index is 12.6. The molecule has 0 aliphatic carbocycles. The van der Waals surface area contributed by atoms with E-state index in [0.717, 1.165) is 67.5 Å². The van der Waals surface area contributed by atoms with Crippen LogP contribution < -0.4 is 4.90 Å². The zero-order chi connectivity index (χ0) is 23.0. The van der Waals surface area contributed by atoms with E-state index in [4.69, 9.17) is 15.1 Å². The van der Waals surface area contributed by atoms with Crippen molar-refractivity contribution in [1.29, 1.82) is 0 Å². The average molecular weight is 439 g/mol. The van der Waals surface area contributed by atoms with E-state index in [1.807, 2.05) is 4.90 Å². The van der Waals surface area contributed by atoms with Crippen molar-refractivity contribution in [1.82, 2.24) is 24.6 Å². The van der Waals surface area contributed by atoms with Gasteiger partial charge < -0.3 is 0 Å². The van der Waals surface area contributed by atoms with E-state index in [1.54, 1.807) is 0 Å².